The first-order valence-corrected chi connectivity index (χ1v) is 10.5. The third-order valence-corrected chi connectivity index (χ3v) is 4.46. The highest BCUT2D eigenvalue weighted by Crippen LogP contribution is 2.17. The molecule has 0 radical (unpaired) electrons. The van der Waals surface area contributed by atoms with Gasteiger partial charge in [0, 0.05) is 0 Å². The van der Waals surface area contributed by atoms with Crippen molar-refractivity contribution in [1.29, 1.82) is 0 Å². The van der Waals surface area contributed by atoms with E-state index in [1.165, 1.54) is 14.2 Å². The Bertz CT molecular complexity index is 954. The van der Waals surface area contributed by atoms with Gasteiger partial charge in [-0.1, -0.05) is 91.0 Å². The molecule has 0 aliphatic rings. The maximum atomic E-state index is 13.1. The Hall–Kier alpha value is -4.04. The van der Waals surface area contributed by atoms with Crippen molar-refractivity contribution in [1.82, 2.24) is 0 Å². The van der Waals surface area contributed by atoms with E-state index in [-0.39, 0.29) is 5.97 Å². The summed E-state index contributed by atoms with van der Waals surface area (Å²) in [7, 11) is 3.80. The Labute approximate surface area is 204 Å². The molecule has 0 amide bonds. The molecule has 3 aromatic carbocycles. The van der Waals surface area contributed by atoms with Crippen LogP contribution in [0.25, 0.3) is 0 Å². The van der Waals surface area contributed by atoms with E-state index < -0.39 is 24.2 Å². The van der Waals surface area contributed by atoms with Crippen molar-refractivity contribution in [3.63, 3.8) is 0 Å². The lowest BCUT2D eigenvalue weighted by molar-refractivity contribution is -0.150. The van der Waals surface area contributed by atoms with Crippen molar-refractivity contribution in [3.8, 4) is 0 Å². The number of hydrogen-bond acceptors (Lipinski definition) is 7. The molecule has 3 rings (SSSR count). The topological polar surface area (TPSA) is 99.1 Å². The third-order valence-electron chi connectivity index (χ3n) is 4.46. The number of halogens is 1. The Morgan fingerprint density at radius 1 is 0.686 bits per heavy atom. The Balaban J connectivity index is 0.000000263. The summed E-state index contributed by atoms with van der Waals surface area (Å²) >= 11 is 0. The first-order valence-electron chi connectivity index (χ1n) is 10.5. The van der Waals surface area contributed by atoms with Crippen LogP contribution in [0.15, 0.2) is 91.0 Å². The minimum Gasteiger partial charge on any atom is -0.469 e. The summed E-state index contributed by atoms with van der Waals surface area (Å²) in [5, 5.41) is 9.31. The van der Waals surface area contributed by atoms with Crippen LogP contribution in [0.1, 0.15) is 29.0 Å². The number of rotatable bonds is 6. The van der Waals surface area contributed by atoms with Crippen LogP contribution in [0.3, 0.4) is 0 Å². The van der Waals surface area contributed by atoms with Crippen LogP contribution in [-0.2, 0) is 35.0 Å². The molecular formula is C27H29FO7. The molecule has 1 N–H and O–H groups in total. The molecule has 0 saturated carbocycles. The predicted octanol–water partition coefficient (Wildman–Crippen LogP) is 4.17. The molecule has 0 heterocycles. The number of carbonyl (C=O) groups is 3. The summed E-state index contributed by atoms with van der Waals surface area (Å²) in [6, 6.07) is 26.4. The van der Waals surface area contributed by atoms with Gasteiger partial charge in [0.15, 0.2) is 6.10 Å². The second kappa shape index (κ2) is 16.6. The minimum absolute atomic E-state index is 0.198. The Morgan fingerprint density at radius 2 is 1.11 bits per heavy atom. The zero-order valence-corrected chi connectivity index (χ0v) is 19.8. The van der Waals surface area contributed by atoms with Gasteiger partial charge in [0.05, 0.1) is 27.8 Å². The number of carbonyl (C=O) groups excluding carboxylic acids is 3. The average molecular weight is 485 g/mol. The Morgan fingerprint density at radius 3 is 1.54 bits per heavy atom. The fourth-order valence-corrected chi connectivity index (χ4v) is 2.58. The van der Waals surface area contributed by atoms with Crippen LogP contribution in [0.4, 0.5) is 4.39 Å². The predicted molar refractivity (Wildman–Crippen MR) is 128 cm³/mol. The van der Waals surface area contributed by atoms with E-state index >= 15 is 0 Å². The van der Waals surface area contributed by atoms with Crippen molar-refractivity contribution < 1.29 is 38.1 Å². The first kappa shape index (κ1) is 29.0. The lowest BCUT2D eigenvalue weighted by Crippen LogP contribution is -2.13. The maximum Gasteiger partial charge on any atom is 0.345 e. The van der Waals surface area contributed by atoms with E-state index in [9.17, 15) is 23.9 Å². The van der Waals surface area contributed by atoms with E-state index in [0.717, 1.165) is 12.7 Å². The molecule has 7 nitrogen and oxygen atoms in total. The molecule has 0 aromatic heterocycles. The molecule has 0 bridgehead atoms. The summed E-state index contributed by atoms with van der Waals surface area (Å²) < 4.78 is 26.2. The van der Waals surface area contributed by atoms with Gasteiger partial charge in [0.2, 0.25) is 6.17 Å². The second-order valence-electron chi connectivity index (χ2n) is 6.87. The highest BCUT2D eigenvalue weighted by Gasteiger charge is 2.19. The summed E-state index contributed by atoms with van der Waals surface area (Å²) in [6.45, 7) is 0. The number of benzene rings is 3. The van der Waals surface area contributed by atoms with Gasteiger partial charge in [-0.25, -0.2) is 14.0 Å². The minimum atomic E-state index is -1.67. The zero-order chi connectivity index (χ0) is 26.1. The van der Waals surface area contributed by atoms with Crippen LogP contribution in [-0.4, -0.2) is 44.3 Å². The third kappa shape index (κ3) is 11.1. The summed E-state index contributed by atoms with van der Waals surface area (Å²) in [5.74, 6) is -1.70. The number of ether oxygens (including phenoxy) is 3. The average Bonchev–Trinajstić information content (AvgIpc) is 2.93. The number of alkyl halides is 1. The Kier molecular flexibility index (Phi) is 13.7. The van der Waals surface area contributed by atoms with E-state index in [1.807, 2.05) is 36.4 Å². The molecule has 0 spiro atoms. The first-order chi connectivity index (χ1) is 16.8. The fourth-order valence-electron chi connectivity index (χ4n) is 2.58. The highest BCUT2D eigenvalue weighted by molar-refractivity contribution is 5.76. The number of aliphatic hydroxyl groups excluding tert-OH is 1. The van der Waals surface area contributed by atoms with Crippen LogP contribution < -0.4 is 0 Å². The zero-order valence-electron chi connectivity index (χ0n) is 19.8. The lowest BCUT2D eigenvalue weighted by Gasteiger charge is -2.07. The monoisotopic (exact) mass is 484 g/mol. The molecular weight excluding hydrogens is 455 g/mol. The van der Waals surface area contributed by atoms with Gasteiger partial charge in [0.1, 0.15) is 0 Å². The molecule has 0 aliphatic carbocycles. The molecule has 3 aromatic rings. The molecule has 0 saturated heterocycles. The van der Waals surface area contributed by atoms with Gasteiger partial charge in [-0.15, -0.1) is 0 Å². The summed E-state index contributed by atoms with van der Waals surface area (Å²) in [6.07, 6.45) is -2.48. The van der Waals surface area contributed by atoms with Gasteiger partial charge in [-0.3, -0.25) is 4.79 Å². The van der Waals surface area contributed by atoms with Gasteiger partial charge in [0.25, 0.3) is 0 Å². The van der Waals surface area contributed by atoms with E-state index in [1.54, 1.807) is 54.6 Å². The standard InChI is InChI=1S/C9H9FO2.C9H10O3.C9H10O2/c2*1-12-9(11)8(10)7-5-3-2-4-6-7;1-11-9(10)7-8-5-3-2-4-6-8/h2-6,8H,1H3;2-6,8,10H,1H3;2-6H,7H2,1H3/t2*8-;/m10./s1. The summed E-state index contributed by atoms with van der Waals surface area (Å²) in [4.78, 5) is 32.3. The lowest BCUT2D eigenvalue weighted by atomic mass is 10.1. The van der Waals surface area contributed by atoms with Crippen molar-refractivity contribution in [3.05, 3.63) is 108 Å². The van der Waals surface area contributed by atoms with Crippen LogP contribution in [0, 0.1) is 0 Å². The number of aliphatic hydroxyl groups is 1. The highest BCUT2D eigenvalue weighted by atomic mass is 19.1. The van der Waals surface area contributed by atoms with Gasteiger partial charge in [-0.05, 0) is 16.7 Å². The fraction of sp³-hybridized carbons (Fsp3) is 0.222. The van der Waals surface area contributed by atoms with Crippen LogP contribution in [0.5, 0.6) is 0 Å². The molecule has 35 heavy (non-hydrogen) atoms. The van der Waals surface area contributed by atoms with Gasteiger partial charge >= 0.3 is 17.9 Å². The van der Waals surface area contributed by atoms with Crippen molar-refractivity contribution in [2.75, 3.05) is 21.3 Å². The second-order valence-corrected chi connectivity index (χ2v) is 6.87. The van der Waals surface area contributed by atoms with Gasteiger partial charge < -0.3 is 19.3 Å². The molecule has 186 valence electrons. The van der Waals surface area contributed by atoms with Crippen LogP contribution >= 0.6 is 0 Å². The maximum absolute atomic E-state index is 13.1. The molecule has 8 heteroatoms. The van der Waals surface area contributed by atoms with Gasteiger partial charge in [-0.2, -0.15) is 0 Å². The smallest absolute Gasteiger partial charge is 0.345 e. The van der Waals surface area contributed by atoms with Crippen LogP contribution in [0.2, 0.25) is 0 Å². The molecule has 0 aliphatic heterocycles. The molecule has 0 unspecified atom stereocenters. The SMILES string of the molecule is COC(=O)Cc1ccccc1.COC(=O)[C@@H](O)c1ccccc1.COC(=O)[C@H](F)c1ccccc1. The van der Waals surface area contributed by atoms with E-state index in [4.69, 9.17) is 0 Å². The number of esters is 3. The molecule has 0 fully saturated rings. The normalized spacial score (nSPS) is 11.2. The number of methoxy groups -OCH3 is 3. The van der Waals surface area contributed by atoms with Crippen molar-refractivity contribution >= 4 is 17.9 Å². The molecule has 2 atom stereocenters. The quantitative estimate of drug-likeness (QED) is 0.414. The number of hydrogen-bond donors (Lipinski definition) is 1. The largest absolute Gasteiger partial charge is 0.469 e. The van der Waals surface area contributed by atoms with E-state index in [0.29, 0.717) is 17.5 Å². The summed E-state index contributed by atoms with van der Waals surface area (Å²) in [5.41, 5.74) is 1.85. The van der Waals surface area contributed by atoms with Crippen molar-refractivity contribution in [2.24, 2.45) is 0 Å². The van der Waals surface area contributed by atoms with Crippen molar-refractivity contribution in [2.45, 2.75) is 18.7 Å². The van der Waals surface area contributed by atoms with E-state index in [2.05, 4.69) is 14.2 Å².